The molecule has 0 aliphatic rings. The molecule has 2 atom stereocenters. The van der Waals surface area contributed by atoms with E-state index in [0.29, 0.717) is 0 Å². The van der Waals surface area contributed by atoms with E-state index in [1.54, 1.807) is 6.92 Å². The summed E-state index contributed by atoms with van der Waals surface area (Å²) in [6.07, 6.45) is 0. The van der Waals surface area contributed by atoms with Gasteiger partial charge in [0.05, 0.1) is 13.7 Å². The maximum Gasteiger partial charge on any atom is 0.329 e. The highest BCUT2D eigenvalue weighted by molar-refractivity contribution is 8.00. The minimum atomic E-state index is -0.817. The summed E-state index contributed by atoms with van der Waals surface area (Å²) in [6, 6.07) is 8.33. The molecule has 1 aromatic rings. The zero-order valence-electron chi connectivity index (χ0n) is 13.4. The van der Waals surface area contributed by atoms with Crippen LogP contribution in [-0.2, 0) is 23.9 Å². The molecule has 7 heteroatoms. The number of rotatable bonds is 8. The molecule has 0 fully saturated rings. The monoisotopic (exact) mass is 339 g/mol. The summed E-state index contributed by atoms with van der Waals surface area (Å²) >= 11 is 1.23. The molecule has 1 aromatic carbocycles. The van der Waals surface area contributed by atoms with Gasteiger partial charge in [0, 0.05) is 12.7 Å². The van der Waals surface area contributed by atoms with Crippen LogP contribution < -0.4 is 5.32 Å². The van der Waals surface area contributed by atoms with Crippen LogP contribution in [0.15, 0.2) is 30.3 Å². The number of nitrogens with one attached hydrogen (secondary N) is 1. The van der Waals surface area contributed by atoms with Crippen LogP contribution >= 0.6 is 11.8 Å². The van der Waals surface area contributed by atoms with Crippen LogP contribution in [-0.4, -0.2) is 43.4 Å². The van der Waals surface area contributed by atoms with Crippen molar-refractivity contribution in [2.45, 2.75) is 25.1 Å². The van der Waals surface area contributed by atoms with Crippen molar-refractivity contribution in [3.05, 3.63) is 35.9 Å². The van der Waals surface area contributed by atoms with Gasteiger partial charge in [0.15, 0.2) is 0 Å². The molecular formula is C16H21NO5S. The lowest BCUT2D eigenvalue weighted by Gasteiger charge is -2.19. The normalized spacial score (nSPS) is 12.8. The summed E-state index contributed by atoms with van der Waals surface area (Å²) in [6.45, 7) is 3.33. The number of methoxy groups -OCH3 is 1. The van der Waals surface area contributed by atoms with Gasteiger partial charge < -0.3 is 14.8 Å². The van der Waals surface area contributed by atoms with E-state index in [4.69, 9.17) is 4.74 Å². The van der Waals surface area contributed by atoms with Gasteiger partial charge in [-0.2, -0.15) is 0 Å². The van der Waals surface area contributed by atoms with Gasteiger partial charge in [-0.15, -0.1) is 11.8 Å². The number of hydrogen-bond acceptors (Lipinski definition) is 6. The minimum absolute atomic E-state index is 0.199. The average Bonchev–Trinajstić information content (AvgIpc) is 2.54. The largest absolute Gasteiger partial charge is 0.467 e. The van der Waals surface area contributed by atoms with Crippen molar-refractivity contribution in [2.75, 3.05) is 19.5 Å². The van der Waals surface area contributed by atoms with Gasteiger partial charge in [-0.1, -0.05) is 30.3 Å². The van der Waals surface area contributed by atoms with Crippen molar-refractivity contribution in [1.82, 2.24) is 5.32 Å². The zero-order valence-corrected chi connectivity index (χ0v) is 14.2. The fraction of sp³-hybridized carbons (Fsp3) is 0.438. The van der Waals surface area contributed by atoms with Crippen molar-refractivity contribution in [3.8, 4) is 0 Å². The first-order chi connectivity index (χ1) is 11.0. The molecular weight excluding hydrogens is 318 g/mol. The molecule has 0 bridgehead atoms. The molecule has 0 spiro atoms. The standard InChI is InChI=1S/C16H21NO5S/c1-4-22-16(20)14(12-8-6-5-7-9-12)23-10-13(15(19)21-3)17-11(2)18/h5-9,13-14H,4,10H2,1-3H3,(H,17,18)/t13-,14?/m0/s1. The molecule has 126 valence electrons. The summed E-state index contributed by atoms with van der Waals surface area (Å²) in [5, 5.41) is 1.95. The first-order valence-corrected chi connectivity index (χ1v) is 8.22. The van der Waals surface area contributed by atoms with Crippen molar-refractivity contribution < 1.29 is 23.9 Å². The first-order valence-electron chi connectivity index (χ1n) is 7.17. The van der Waals surface area contributed by atoms with E-state index < -0.39 is 17.3 Å². The molecule has 0 aliphatic carbocycles. The zero-order chi connectivity index (χ0) is 17.2. The average molecular weight is 339 g/mol. The second-order valence-electron chi connectivity index (χ2n) is 4.65. The van der Waals surface area contributed by atoms with Gasteiger partial charge in [0.2, 0.25) is 5.91 Å². The van der Waals surface area contributed by atoms with Gasteiger partial charge >= 0.3 is 11.9 Å². The molecule has 0 heterocycles. The van der Waals surface area contributed by atoms with Crippen LogP contribution in [0, 0.1) is 0 Å². The van der Waals surface area contributed by atoms with E-state index in [2.05, 4.69) is 10.1 Å². The number of hydrogen-bond donors (Lipinski definition) is 1. The van der Waals surface area contributed by atoms with E-state index in [1.165, 1.54) is 25.8 Å². The van der Waals surface area contributed by atoms with Gasteiger partial charge in [-0.3, -0.25) is 9.59 Å². The number of amides is 1. The Balaban J connectivity index is 2.85. The molecule has 1 amide bonds. The number of thioether (sulfide) groups is 1. The number of benzene rings is 1. The van der Waals surface area contributed by atoms with Crippen LogP contribution in [0.5, 0.6) is 0 Å². The smallest absolute Gasteiger partial charge is 0.329 e. The minimum Gasteiger partial charge on any atom is -0.467 e. The Morgan fingerprint density at radius 3 is 2.35 bits per heavy atom. The van der Waals surface area contributed by atoms with E-state index in [1.807, 2.05) is 30.3 Å². The van der Waals surface area contributed by atoms with Gasteiger partial charge in [-0.05, 0) is 12.5 Å². The van der Waals surface area contributed by atoms with Gasteiger partial charge in [-0.25, -0.2) is 4.79 Å². The predicted octanol–water partition coefficient (Wildman–Crippen LogP) is 1.70. The maximum atomic E-state index is 12.2. The highest BCUT2D eigenvalue weighted by Crippen LogP contribution is 2.30. The van der Waals surface area contributed by atoms with Crippen LogP contribution in [0.3, 0.4) is 0 Å². The topological polar surface area (TPSA) is 81.7 Å². The Morgan fingerprint density at radius 2 is 1.83 bits per heavy atom. The molecule has 23 heavy (non-hydrogen) atoms. The van der Waals surface area contributed by atoms with Crippen molar-refractivity contribution >= 4 is 29.6 Å². The fourth-order valence-electron chi connectivity index (χ4n) is 1.89. The Labute approximate surface area is 139 Å². The van der Waals surface area contributed by atoms with Crippen LogP contribution in [0.1, 0.15) is 24.7 Å². The lowest BCUT2D eigenvalue weighted by molar-refractivity contribution is -0.144. The van der Waals surface area contributed by atoms with Crippen molar-refractivity contribution in [1.29, 1.82) is 0 Å². The molecule has 0 aliphatic heterocycles. The third-order valence-electron chi connectivity index (χ3n) is 2.90. The van der Waals surface area contributed by atoms with Crippen LogP contribution in [0.4, 0.5) is 0 Å². The Morgan fingerprint density at radius 1 is 1.17 bits per heavy atom. The SMILES string of the molecule is CCOC(=O)C(SC[C@H](NC(C)=O)C(=O)OC)c1ccccc1. The summed E-state index contributed by atoms with van der Waals surface area (Å²) in [4.78, 5) is 35.1. The molecule has 0 aromatic heterocycles. The van der Waals surface area contributed by atoms with Gasteiger partial charge in [0.25, 0.3) is 0 Å². The highest BCUT2D eigenvalue weighted by Gasteiger charge is 2.27. The third kappa shape index (κ3) is 6.32. The molecule has 0 saturated carbocycles. The number of ether oxygens (including phenoxy) is 2. The Bertz CT molecular complexity index is 535. The molecule has 1 unspecified atom stereocenters. The number of carbonyl (C=O) groups is 3. The molecule has 0 saturated heterocycles. The van der Waals surface area contributed by atoms with Crippen LogP contribution in [0.2, 0.25) is 0 Å². The van der Waals surface area contributed by atoms with E-state index in [-0.39, 0.29) is 24.2 Å². The van der Waals surface area contributed by atoms with E-state index in [9.17, 15) is 14.4 Å². The number of carbonyl (C=O) groups excluding carboxylic acids is 3. The number of esters is 2. The van der Waals surface area contributed by atoms with Crippen molar-refractivity contribution in [3.63, 3.8) is 0 Å². The third-order valence-corrected chi connectivity index (χ3v) is 4.22. The predicted molar refractivity (Wildman–Crippen MR) is 87.9 cm³/mol. The molecule has 0 radical (unpaired) electrons. The van der Waals surface area contributed by atoms with Crippen molar-refractivity contribution in [2.24, 2.45) is 0 Å². The molecule has 1 rings (SSSR count). The summed E-state index contributed by atoms with van der Waals surface area (Å²) in [7, 11) is 1.25. The maximum absolute atomic E-state index is 12.2. The molecule has 1 N–H and O–H groups in total. The van der Waals surface area contributed by atoms with E-state index in [0.717, 1.165) is 5.56 Å². The summed E-state index contributed by atoms with van der Waals surface area (Å²) in [5.74, 6) is -1.07. The molecule has 6 nitrogen and oxygen atoms in total. The lowest BCUT2D eigenvalue weighted by atomic mass is 10.1. The summed E-state index contributed by atoms with van der Waals surface area (Å²) in [5.41, 5.74) is 0.780. The quantitative estimate of drug-likeness (QED) is 0.726. The first kappa shape index (κ1) is 19.0. The lowest BCUT2D eigenvalue weighted by Crippen LogP contribution is -2.42. The Hall–Kier alpha value is -2.02. The second-order valence-corrected chi connectivity index (χ2v) is 5.79. The second kappa shape index (κ2) is 9.89. The van der Waals surface area contributed by atoms with Gasteiger partial charge in [0.1, 0.15) is 11.3 Å². The van der Waals surface area contributed by atoms with E-state index >= 15 is 0 Å². The summed E-state index contributed by atoms with van der Waals surface area (Å²) < 4.78 is 9.77. The Kier molecular flexibility index (Phi) is 8.18. The fourth-order valence-corrected chi connectivity index (χ4v) is 3.05. The van der Waals surface area contributed by atoms with Crippen LogP contribution in [0.25, 0.3) is 0 Å². The highest BCUT2D eigenvalue weighted by atomic mass is 32.2.